The van der Waals surface area contributed by atoms with Gasteiger partial charge < -0.3 is 19.5 Å². The van der Waals surface area contributed by atoms with Crippen molar-refractivity contribution in [1.82, 2.24) is 4.90 Å². The van der Waals surface area contributed by atoms with E-state index in [9.17, 15) is 9.90 Å². The zero-order valence-corrected chi connectivity index (χ0v) is 12.1. The standard InChI is InChI=1S/C14H25NO4/c1-14(2,3)19-13(17)15-8-10(9-15)18-12-7-5-4-6-11(12)16/h10-12,16H,4-9H2,1-3H3/t11-,12-/m1/s1. The summed E-state index contributed by atoms with van der Waals surface area (Å²) in [4.78, 5) is 13.4. The number of ether oxygens (including phenoxy) is 2. The zero-order valence-electron chi connectivity index (χ0n) is 12.1. The number of carbonyl (C=O) groups is 1. The van der Waals surface area contributed by atoms with Crippen LogP contribution in [0.15, 0.2) is 0 Å². The molecule has 1 N–H and O–H groups in total. The Morgan fingerprint density at radius 2 is 1.84 bits per heavy atom. The van der Waals surface area contributed by atoms with Crippen LogP contribution < -0.4 is 0 Å². The van der Waals surface area contributed by atoms with Gasteiger partial charge in [-0.3, -0.25) is 0 Å². The third-order valence-corrected chi connectivity index (χ3v) is 3.53. The van der Waals surface area contributed by atoms with Crippen LogP contribution in [0.25, 0.3) is 0 Å². The van der Waals surface area contributed by atoms with E-state index in [1.165, 1.54) is 0 Å². The van der Waals surface area contributed by atoms with Crippen LogP contribution in [0.2, 0.25) is 0 Å². The Morgan fingerprint density at radius 1 is 1.21 bits per heavy atom. The van der Waals surface area contributed by atoms with E-state index < -0.39 is 5.60 Å². The maximum absolute atomic E-state index is 11.7. The molecular weight excluding hydrogens is 246 g/mol. The number of carbonyl (C=O) groups excluding carboxylic acids is 1. The average molecular weight is 271 g/mol. The number of aliphatic hydroxyl groups excluding tert-OH is 1. The summed E-state index contributed by atoms with van der Waals surface area (Å²) in [6, 6.07) is 0. The van der Waals surface area contributed by atoms with E-state index in [4.69, 9.17) is 9.47 Å². The molecule has 1 saturated carbocycles. The molecular formula is C14H25NO4. The molecule has 19 heavy (non-hydrogen) atoms. The van der Waals surface area contributed by atoms with Gasteiger partial charge in [0.1, 0.15) is 5.60 Å². The number of hydrogen-bond acceptors (Lipinski definition) is 4. The third kappa shape index (κ3) is 4.08. The van der Waals surface area contributed by atoms with Crippen LogP contribution in [0.1, 0.15) is 46.5 Å². The number of aliphatic hydroxyl groups is 1. The topological polar surface area (TPSA) is 59.0 Å². The molecule has 1 amide bonds. The minimum atomic E-state index is -0.456. The summed E-state index contributed by atoms with van der Waals surface area (Å²) in [6.45, 7) is 6.71. The molecule has 1 heterocycles. The predicted molar refractivity (Wildman–Crippen MR) is 70.9 cm³/mol. The summed E-state index contributed by atoms with van der Waals surface area (Å²) >= 11 is 0. The van der Waals surface area contributed by atoms with Gasteiger partial charge in [-0.15, -0.1) is 0 Å². The first kappa shape index (κ1) is 14.6. The highest BCUT2D eigenvalue weighted by atomic mass is 16.6. The lowest BCUT2D eigenvalue weighted by atomic mass is 9.94. The zero-order chi connectivity index (χ0) is 14.0. The largest absolute Gasteiger partial charge is 0.444 e. The Bertz CT molecular complexity index is 320. The summed E-state index contributed by atoms with van der Waals surface area (Å²) in [7, 11) is 0. The first-order chi connectivity index (χ1) is 8.85. The van der Waals surface area contributed by atoms with E-state index in [1.54, 1.807) is 4.90 Å². The van der Waals surface area contributed by atoms with E-state index in [2.05, 4.69) is 0 Å². The van der Waals surface area contributed by atoms with Crippen molar-refractivity contribution in [2.24, 2.45) is 0 Å². The summed E-state index contributed by atoms with van der Waals surface area (Å²) in [6.07, 6.45) is 3.31. The van der Waals surface area contributed by atoms with Gasteiger partial charge >= 0.3 is 6.09 Å². The van der Waals surface area contributed by atoms with Gasteiger partial charge in [0.05, 0.1) is 31.4 Å². The van der Waals surface area contributed by atoms with Crippen molar-refractivity contribution in [3.63, 3.8) is 0 Å². The molecule has 2 rings (SSSR count). The van der Waals surface area contributed by atoms with Crippen molar-refractivity contribution >= 4 is 6.09 Å². The fourth-order valence-corrected chi connectivity index (χ4v) is 2.48. The molecule has 5 nitrogen and oxygen atoms in total. The quantitative estimate of drug-likeness (QED) is 0.833. The second-order valence-electron chi connectivity index (χ2n) is 6.53. The maximum atomic E-state index is 11.7. The van der Waals surface area contributed by atoms with Gasteiger partial charge in [-0.05, 0) is 33.6 Å². The van der Waals surface area contributed by atoms with Gasteiger partial charge in [0, 0.05) is 0 Å². The Balaban J connectivity index is 1.70. The number of amides is 1. The van der Waals surface area contributed by atoms with Crippen molar-refractivity contribution in [3.8, 4) is 0 Å². The minimum Gasteiger partial charge on any atom is -0.444 e. The molecule has 1 saturated heterocycles. The van der Waals surface area contributed by atoms with E-state index in [1.807, 2.05) is 20.8 Å². The fourth-order valence-electron chi connectivity index (χ4n) is 2.48. The van der Waals surface area contributed by atoms with Crippen LogP contribution in [0, 0.1) is 0 Å². The fraction of sp³-hybridized carbons (Fsp3) is 0.929. The van der Waals surface area contributed by atoms with Crippen LogP contribution in [-0.4, -0.2) is 53.1 Å². The van der Waals surface area contributed by atoms with Crippen molar-refractivity contribution in [3.05, 3.63) is 0 Å². The summed E-state index contributed by atoms with van der Waals surface area (Å²) in [5, 5.41) is 9.84. The first-order valence-corrected chi connectivity index (χ1v) is 7.16. The number of likely N-dealkylation sites (tertiary alicyclic amines) is 1. The number of hydrogen-bond donors (Lipinski definition) is 1. The van der Waals surface area contributed by atoms with Crippen LogP contribution in [0.4, 0.5) is 4.79 Å². The summed E-state index contributed by atoms with van der Waals surface area (Å²) in [5.41, 5.74) is -0.456. The highest BCUT2D eigenvalue weighted by molar-refractivity contribution is 5.69. The second-order valence-corrected chi connectivity index (χ2v) is 6.53. The molecule has 0 spiro atoms. The molecule has 0 aromatic carbocycles. The molecule has 2 aliphatic rings. The first-order valence-electron chi connectivity index (χ1n) is 7.16. The smallest absolute Gasteiger partial charge is 0.410 e. The lowest BCUT2D eigenvalue weighted by Gasteiger charge is -2.42. The minimum absolute atomic E-state index is 0.0465. The van der Waals surface area contributed by atoms with Gasteiger partial charge in [-0.1, -0.05) is 12.8 Å². The van der Waals surface area contributed by atoms with Gasteiger partial charge in [-0.25, -0.2) is 4.79 Å². The number of rotatable bonds is 2. The van der Waals surface area contributed by atoms with Gasteiger partial charge in [0.25, 0.3) is 0 Å². The maximum Gasteiger partial charge on any atom is 0.410 e. The van der Waals surface area contributed by atoms with Crippen LogP contribution in [-0.2, 0) is 9.47 Å². The lowest BCUT2D eigenvalue weighted by molar-refractivity contribution is -0.136. The highest BCUT2D eigenvalue weighted by Crippen LogP contribution is 2.25. The monoisotopic (exact) mass is 271 g/mol. The summed E-state index contributed by atoms with van der Waals surface area (Å²) in [5.74, 6) is 0. The predicted octanol–water partition coefficient (Wildman–Crippen LogP) is 1.93. The molecule has 1 aliphatic carbocycles. The van der Waals surface area contributed by atoms with E-state index in [0.717, 1.165) is 25.7 Å². The molecule has 0 radical (unpaired) electrons. The molecule has 0 aromatic heterocycles. The van der Waals surface area contributed by atoms with Crippen LogP contribution in [0.5, 0.6) is 0 Å². The molecule has 0 aromatic rings. The molecule has 2 fully saturated rings. The van der Waals surface area contributed by atoms with Gasteiger partial charge in [-0.2, -0.15) is 0 Å². The molecule has 2 atom stereocenters. The molecule has 0 bridgehead atoms. The van der Waals surface area contributed by atoms with Crippen molar-refractivity contribution in [1.29, 1.82) is 0 Å². The third-order valence-electron chi connectivity index (χ3n) is 3.53. The Hall–Kier alpha value is -0.810. The second kappa shape index (κ2) is 5.67. The van der Waals surface area contributed by atoms with Gasteiger partial charge in [0.15, 0.2) is 0 Å². The SMILES string of the molecule is CC(C)(C)OC(=O)N1CC(O[C@@H]2CCCC[C@H]2O)C1. The van der Waals surface area contributed by atoms with Crippen LogP contribution in [0.3, 0.4) is 0 Å². The Labute approximate surface area is 114 Å². The average Bonchev–Trinajstić information content (AvgIpc) is 2.22. The Morgan fingerprint density at radius 3 is 2.42 bits per heavy atom. The van der Waals surface area contributed by atoms with Gasteiger partial charge in [0.2, 0.25) is 0 Å². The molecule has 1 aliphatic heterocycles. The van der Waals surface area contributed by atoms with Crippen molar-refractivity contribution in [2.45, 2.75) is 70.4 Å². The molecule has 0 unspecified atom stereocenters. The highest BCUT2D eigenvalue weighted by Gasteiger charge is 2.37. The number of nitrogens with zero attached hydrogens (tertiary/aromatic N) is 1. The van der Waals surface area contributed by atoms with E-state index in [-0.39, 0.29) is 24.4 Å². The normalized spacial score (nSPS) is 28.9. The molecule has 110 valence electrons. The van der Waals surface area contributed by atoms with Crippen molar-refractivity contribution in [2.75, 3.05) is 13.1 Å². The summed E-state index contributed by atoms with van der Waals surface area (Å²) < 4.78 is 11.1. The lowest BCUT2D eigenvalue weighted by Crippen LogP contribution is -2.57. The van der Waals surface area contributed by atoms with Crippen LogP contribution >= 0.6 is 0 Å². The van der Waals surface area contributed by atoms with E-state index in [0.29, 0.717) is 13.1 Å². The van der Waals surface area contributed by atoms with Crippen molar-refractivity contribution < 1.29 is 19.4 Å². The Kier molecular flexibility index (Phi) is 4.36. The molecule has 5 heteroatoms. The van der Waals surface area contributed by atoms with E-state index >= 15 is 0 Å².